The Kier molecular flexibility index (Phi) is 2.02. The molecule has 0 aliphatic rings. The van der Waals surface area contributed by atoms with Crippen molar-refractivity contribution in [2.75, 3.05) is 0 Å². The van der Waals surface area contributed by atoms with Crippen LogP contribution < -0.4 is 0 Å². The van der Waals surface area contributed by atoms with E-state index in [4.69, 9.17) is 4.42 Å². The van der Waals surface area contributed by atoms with Gasteiger partial charge in [0.2, 0.25) is 0 Å². The number of aromatic nitrogens is 1. The van der Waals surface area contributed by atoms with E-state index in [1.165, 1.54) is 12.0 Å². The Balaban J connectivity index is 2.48. The molecule has 0 aromatic carbocycles. The minimum absolute atomic E-state index is 0.828. The first kappa shape index (κ1) is 8.01. The Hall–Kier alpha value is -0.610. The van der Waals surface area contributed by atoms with Crippen molar-refractivity contribution in [3.63, 3.8) is 0 Å². The second kappa shape index (κ2) is 3.03. The molecule has 0 atom stereocenters. The molecule has 2 nitrogen and oxygen atoms in total. The van der Waals surface area contributed by atoms with Crippen LogP contribution in [0.25, 0.3) is 10.6 Å². The molecular weight excluding hydrogens is 238 g/mol. The van der Waals surface area contributed by atoms with Gasteiger partial charge in [-0.15, -0.1) is 11.3 Å². The number of halogens is 1. The van der Waals surface area contributed by atoms with E-state index in [0.29, 0.717) is 0 Å². The van der Waals surface area contributed by atoms with Crippen LogP contribution in [0.15, 0.2) is 26.9 Å². The van der Waals surface area contributed by atoms with Crippen molar-refractivity contribution in [2.45, 2.75) is 6.92 Å². The Morgan fingerprint density at radius 3 is 2.92 bits per heavy atom. The predicted molar refractivity (Wildman–Crippen MR) is 52.3 cm³/mol. The quantitative estimate of drug-likeness (QED) is 0.767. The van der Waals surface area contributed by atoms with Gasteiger partial charge < -0.3 is 4.42 Å². The molecule has 62 valence electrons. The molecule has 2 heterocycles. The van der Waals surface area contributed by atoms with Gasteiger partial charge in [-0.3, -0.25) is 0 Å². The minimum Gasteiger partial charge on any atom is -0.443 e. The van der Waals surface area contributed by atoms with E-state index in [1.807, 2.05) is 0 Å². The SMILES string of the molecule is Cc1cc(-c2cnco2)sc1Br. The standard InChI is InChI=1S/C8H6BrNOS/c1-5-2-7(12-8(5)9)6-3-10-4-11-6/h2-4H,1H3. The van der Waals surface area contributed by atoms with Crippen molar-refractivity contribution in [3.8, 4) is 10.6 Å². The molecule has 0 radical (unpaired) electrons. The summed E-state index contributed by atoms with van der Waals surface area (Å²) in [5, 5.41) is 0. The fraction of sp³-hybridized carbons (Fsp3) is 0.125. The fourth-order valence-electron chi connectivity index (χ4n) is 0.919. The smallest absolute Gasteiger partial charge is 0.181 e. The summed E-state index contributed by atoms with van der Waals surface area (Å²) in [5.41, 5.74) is 1.23. The maximum absolute atomic E-state index is 5.17. The Labute approximate surface area is 82.4 Å². The molecule has 12 heavy (non-hydrogen) atoms. The summed E-state index contributed by atoms with van der Waals surface area (Å²) < 4.78 is 6.31. The molecule has 0 aliphatic heterocycles. The van der Waals surface area contributed by atoms with Crippen molar-refractivity contribution in [1.29, 1.82) is 0 Å². The highest BCUT2D eigenvalue weighted by molar-refractivity contribution is 9.11. The molecule has 0 bridgehead atoms. The third-order valence-electron chi connectivity index (χ3n) is 1.53. The lowest BCUT2D eigenvalue weighted by Crippen LogP contribution is -1.62. The van der Waals surface area contributed by atoms with Gasteiger partial charge in [0.1, 0.15) is 0 Å². The summed E-state index contributed by atoms with van der Waals surface area (Å²) in [7, 11) is 0. The van der Waals surface area contributed by atoms with E-state index in [-0.39, 0.29) is 0 Å². The fourth-order valence-corrected chi connectivity index (χ4v) is 2.41. The van der Waals surface area contributed by atoms with Gasteiger partial charge in [-0.2, -0.15) is 0 Å². The van der Waals surface area contributed by atoms with Crippen molar-refractivity contribution in [3.05, 3.63) is 28.0 Å². The molecule has 0 saturated heterocycles. The van der Waals surface area contributed by atoms with Crippen LogP contribution in [0, 0.1) is 6.92 Å². The third kappa shape index (κ3) is 1.32. The summed E-state index contributed by atoms with van der Waals surface area (Å²) in [5.74, 6) is 0.828. The maximum Gasteiger partial charge on any atom is 0.181 e. The molecule has 4 heteroatoms. The molecule has 0 aliphatic carbocycles. The molecule has 0 fully saturated rings. The van der Waals surface area contributed by atoms with Crippen LogP contribution >= 0.6 is 27.3 Å². The number of rotatable bonds is 1. The second-order valence-electron chi connectivity index (χ2n) is 2.43. The molecular formula is C8H6BrNOS. The lowest BCUT2D eigenvalue weighted by Gasteiger charge is -1.84. The van der Waals surface area contributed by atoms with Crippen LogP contribution in [-0.2, 0) is 0 Å². The zero-order valence-corrected chi connectivity index (χ0v) is 8.78. The van der Waals surface area contributed by atoms with Crippen molar-refractivity contribution in [2.24, 2.45) is 0 Å². The lowest BCUT2D eigenvalue weighted by atomic mass is 10.3. The van der Waals surface area contributed by atoms with Gasteiger partial charge in [0.15, 0.2) is 12.2 Å². The number of oxazole rings is 1. The van der Waals surface area contributed by atoms with E-state index in [1.54, 1.807) is 17.5 Å². The number of nitrogens with zero attached hydrogens (tertiary/aromatic N) is 1. The van der Waals surface area contributed by atoms with Crippen LogP contribution in [0.4, 0.5) is 0 Å². The van der Waals surface area contributed by atoms with E-state index < -0.39 is 0 Å². The lowest BCUT2D eigenvalue weighted by molar-refractivity contribution is 0.573. The molecule has 0 N–H and O–H groups in total. The summed E-state index contributed by atoms with van der Waals surface area (Å²) in [6.07, 6.45) is 3.16. The van der Waals surface area contributed by atoms with Gasteiger partial charge in [-0.1, -0.05) is 0 Å². The first-order valence-electron chi connectivity index (χ1n) is 3.42. The van der Waals surface area contributed by atoms with Crippen molar-refractivity contribution in [1.82, 2.24) is 4.98 Å². The average Bonchev–Trinajstić information content (AvgIpc) is 2.61. The van der Waals surface area contributed by atoms with Crippen molar-refractivity contribution >= 4 is 27.3 Å². The summed E-state index contributed by atoms with van der Waals surface area (Å²) in [4.78, 5) is 4.97. The van der Waals surface area contributed by atoms with Crippen LogP contribution in [-0.4, -0.2) is 4.98 Å². The summed E-state index contributed by atoms with van der Waals surface area (Å²) >= 11 is 5.11. The zero-order chi connectivity index (χ0) is 8.55. The number of hydrogen-bond acceptors (Lipinski definition) is 3. The van der Waals surface area contributed by atoms with Gasteiger partial charge in [-0.05, 0) is 34.5 Å². The Bertz CT molecular complexity index is 360. The Morgan fingerprint density at radius 2 is 2.42 bits per heavy atom. The van der Waals surface area contributed by atoms with E-state index in [0.717, 1.165) is 14.4 Å². The van der Waals surface area contributed by atoms with Gasteiger partial charge in [-0.25, -0.2) is 4.98 Å². The first-order chi connectivity index (χ1) is 5.77. The van der Waals surface area contributed by atoms with Gasteiger partial charge >= 0.3 is 0 Å². The van der Waals surface area contributed by atoms with Gasteiger partial charge in [0.25, 0.3) is 0 Å². The van der Waals surface area contributed by atoms with Crippen LogP contribution in [0.3, 0.4) is 0 Å². The Morgan fingerprint density at radius 1 is 1.58 bits per heavy atom. The number of thiophene rings is 1. The molecule has 2 aromatic heterocycles. The molecule has 0 spiro atoms. The number of hydrogen-bond donors (Lipinski definition) is 0. The molecule has 0 saturated carbocycles. The first-order valence-corrected chi connectivity index (χ1v) is 5.03. The van der Waals surface area contributed by atoms with Gasteiger partial charge in [0, 0.05) is 0 Å². The molecule has 2 rings (SSSR count). The maximum atomic E-state index is 5.17. The van der Waals surface area contributed by atoms with Crippen LogP contribution in [0.1, 0.15) is 5.56 Å². The number of aryl methyl sites for hydroxylation is 1. The normalized spacial score (nSPS) is 10.5. The van der Waals surface area contributed by atoms with E-state index >= 15 is 0 Å². The highest BCUT2D eigenvalue weighted by atomic mass is 79.9. The van der Waals surface area contributed by atoms with Gasteiger partial charge in [0.05, 0.1) is 14.9 Å². The van der Waals surface area contributed by atoms with Crippen molar-refractivity contribution < 1.29 is 4.42 Å². The summed E-state index contributed by atoms with van der Waals surface area (Å²) in [6, 6.07) is 2.08. The monoisotopic (exact) mass is 243 g/mol. The zero-order valence-electron chi connectivity index (χ0n) is 6.37. The van der Waals surface area contributed by atoms with Crippen LogP contribution in [0.5, 0.6) is 0 Å². The largest absolute Gasteiger partial charge is 0.443 e. The predicted octanol–water partition coefficient (Wildman–Crippen LogP) is 3.47. The third-order valence-corrected chi connectivity index (χ3v) is 3.68. The second-order valence-corrected chi connectivity index (χ2v) is 4.80. The average molecular weight is 244 g/mol. The van der Waals surface area contributed by atoms with E-state index in [2.05, 4.69) is 33.9 Å². The molecule has 0 unspecified atom stereocenters. The minimum atomic E-state index is 0.828. The topological polar surface area (TPSA) is 26.0 Å². The highest BCUT2D eigenvalue weighted by Gasteiger charge is 2.07. The molecule has 0 amide bonds. The highest BCUT2D eigenvalue weighted by Crippen LogP contribution is 2.34. The summed E-state index contributed by atoms with van der Waals surface area (Å²) in [6.45, 7) is 2.06. The molecule has 2 aromatic rings. The van der Waals surface area contributed by atoms with E-state index in [9.17, 15) is 0 Å². The van der Waals surface area contributed by atoms with Crippen LogP contribution in [0.2, 0.25) is 0 Å².